The molecule has 2 aromatic rings. The summed E-state index contributed by atoms with van der Waals surface area (Å²) in [6.07, 6.45) is -0.0569. The second-order valence-corrected chi connectivity index (χ2v) is 16.0. The monoisotopic (exact) mass is 780 g/mol. The van der Waals surface area contributed by atoms with Gasteiger partial charge in [0.1, 0.15) is 29.8 Å². The average molecular weight is 781 g/mol. The molecule has 14 nitrogen and oxygen atoms in total. The van der Waals surface area contributed by atoms with E-state index in [1.54, 1.807) is 48.5 Å². The number of benzene rings is 2. The maximum Gasteiger partial charge on any atom is 0.408 e. The lowest BCUT2D eigenvalue weighted by Gasteiger charge is -2.31. The first-order chi connectivity index (χ1) is 26.3. The summed E-state index contributed by atoms with van der Waals surface area (Å²) in [6.45, 7) is 16.0. The number of nitrogens with two attached hydrogens (primary N) is 1. The van der Waals surface area contributed by atoms with E-state index in [1.165, 1.54) is 7.11 Å². The summed E-state index contributed by atoms with van der Waals surface area (Å²) >= 11 is 0. The lowest BCUT2D eigenvalue weighted by Crippen LogP contribution is -2.60. The van der Waals surface area contributed by atoms with Crippen molar-refractivity contribution in [3.63, 3.8) is 0 Å². The van der Waals surface area contributed by atoms with Crippen molar-refractivity contribution >= 4 is 35.7 Å². The molecule has 0 saturated heterocycles. The minimum Gasteiger partial charge on any atom is -0.467 e. The molecule has 14 heteroatoms. The van der Waals surface area contributed by atoms with Gasteiger partial charge in [0.15, 0.2) is 0 Å². The van der Waals surface area contributed by atoms with Crippen molar-refractivity contribution in [2.45, 2.75) is 130 Å². The van der Waals surface area contributed by atoms with Gasteiger partial charge in [-0.1, -0.05) is 109 Å². The number of hydrogen-bond acceptors (Lipinski definition) is 9. The number of methoxy groups -OCH3 is 1. The summed E-state index contributed by atoms with van der Waals surface area (Å²) in [5, 5.41) is 14.0. The molecule has 0 bridgehead atoms. The first kappa shape index (κ1) is 47.2. The van der Waals surface area contributed by atoms with Gasteiger partial charge in [0.2, 0.25) is 23.6 Å². The SMILES string of the molecule is CC[C@H](C)[C@H](NC(=O)C[C@H](N)[C@H](Cc1ccccc1)NC(=O)C(NC(=O)[C@H](Cc1ccccc1)NC(=O)OC(C)(C)C)C(C)C)C(=O)NC(C(=O)OC)C(C)C. The number of ether oxygens (including phenoxy) is 2. The fourth-order valence-electron chi connectivity index (χ4n) is 5.91. The molecule has 56 heavy (non-hydrogen) atoms. The molecule has 0 radical (unpaired) electrons. The molecule has 2 unspecified atom stereocenters. The maximum absolute atomic E-state index is 14.0. The van der Waals surface area contributed by atoms with E-state index in [4.69, 9.17) is 15.2 Å². The van der Waals surface area contributed by atoms with E-state index in [0.717, 1.165) is 11.1 Å². The summed E-state index contributed by atoms with van der Waals surface area (Å²) in [5.41, 5.74) is 7.52. The highest BCUT2D eigenvalue weighted by atomic mass is 16.6. The van der Waals surface area contributed by atoms with Crippen LogP contribution in [0.4, 0.5) is 4.79 Å². The quantitative estimate of drug-likeness (QED) is 0.109. The number of rotatable bonds is 20. The van der Waals surface area contributed by atoms with Crippen molar-refractivity contribution in [1.82, 2.24) is 26.6 Å². The van der Waals surface area contributed by atoms with Gasteiger partial charge in [0, 0.05) is 24.9 Å². The average Bonchev–Trinajstić information content (AvgIpc) is 3.13. The number of esters is 1. The minimum absolute atomic E-state index is 0.144. The Morgan fingerprint density at radius 1 is 0.661 bits per heavy atom. The first-order valence-corrected chi connectivity index (χ1v) is 19.4. The topological polar surface area (TPSA) is 207 Å². The van der Waals surface area contributed by atoms with Crippen molar-refractivity contribution in [1.29, 1.82) is 0 Å². The molecule has 7 atom stereocenters. The zero-order valence-corrected chi connectivity index (χ0v) is 34.6. The molecule has 0 aliphatic rings. The number of hydrogen-bond donors (Lipinski definition) is 6. The van der Waals surface area contributed by atoms with Crippen molar-refractivity contribution in [3.8, 4) is 0 Å². The Morgan fingerprint density at radius 2 is 1.16 bits per heavy atom. The Kier molecular flexibility index (Phi) is 19.0. The molecule has 0 fully saturated rings. The van der Waals surface area contributed by atoms with Crippen LogP contribution in [-0.2, 0) is 46.3 Å². The van der Waals surface area contributed by atoms with Crippen LogP contribution in [0.5, 0.6) is 0 Å². The van der Waals surface area contributed by atoms with E-state index in [0.29, 0.717) is 6.42 Å². The molecule has 310 valence electrons. The lowest BCUT2D eigenvalue weighted by atomic mass is 9.94. The number of carbonyl (C=O) groups is 6. The molecule has 0 aliphatic carbocycles. The van der Waals surface area contributed by atoms with Gasteiger partial charge in [-0.05, 0) is 56.1 Å². The largest absolute Gasteiger partial charge is 0.467 e. The van der Waals surface area contributed by atoms with Crippen LogP contribution in [0.25, 0.3) is 0 Å². The standard InChI is InChI=1S/C42H64N6O8/c1-11-27(6)36(39(52)48-35(26(4)5)40(53)55-10)46-33(49)24-30(43)31(22-28-18-14-12-15-19-28)44-38(51)34(25(2)3)47-37(50)32(23-29-20-16-13-17-21-29)45-41(54)56-42(7,8)9/h12-21,25-27,30-32,34-36H,11,22-24,43H2,1-10H3,(H,44,51)(H,45,54)(H,46,49)(H,47,50)(H,48,52)/t27-,30-,31-,32-,34?,35?,36-/m0/s1. The summed E-state index contributed by atoms with van der Waals surface area (Å²) < 4.78 is 10.3. The number of nitrogens with one attached hydrogen (secondary N) is 5. The predicted molar refractivity (Wildman–Crippen MR) is 215 cm³/mol. The van der Waals surface area contributed by atoms with Crippen molar-refractivity contribution in [3.05, 3.63) is 71.8 Å². The third-order valence-corrected chi connectivity index (χ3v) is 9.33. The van der Waals surface area contributed by atoms with Crippen molar-refractivity contribution in [2.24, 2.45) is 23.5 Å². The van der Waals surface area contributed by atoms with Gasteiger partial charge in [-0.2, -0.15) is 0 Å². The highest BCUT2D eigenvalue weighted by Crippen LogP contribution is 2.15. The van der Waals surface area contributed by atoms with E-state index in [2.05, 4.69) is 26.6 Å². The second kappa shape index (κ2) is 22.5. The molecule has 5 amide bonds. The van der Waals surface area contributed by atoms with Crippen LogP contribution in [0.1, 0.15) is 86.3 Å². The fraction of sp³-hybridized carbons (Fsp3) is 0.571. The van der Waals surface area contributed by atoms with Crippen LogP contribution in [0.15, 0.2) is 60.7 Å². The predicted octanol–water partition coefficient (Wildman–Crippen LogP) is 3.55. The first-order valence-electron chi connectivity index (χ1n) is 19.4. The smallest absolute Gasteiger partial charge is 0.408 e. The van der Waals surface area contributed by atoms with Gasteiger partial charge in [-0.15, -0.1) is 0 Å². The zero-order chi connectivity index (χ0) is 42.2. The number of carbonyl (C=O) groups excluding carboxylic acids is 6. The van der Waals surface area contributed by atoms with Crippen LogP contribution in [0, 0.1) is 17.8 Å². The molecule has 7 N–H and O–H groups in total. The van der Waals surface area contributed by atoms with Gasteiger partial charge in [0.25, 0.3) is 0 Å². The molecule has 2 aromatic carbocycles. The molecule has 0 aromatic heterocycles. The summed E-state index contributed by atoms with van der Waals surface area (Å²) in [7, 11) is 1.24. The minimum atomic E-state index is -1.06. The normalized spacial score (nSPS) is 15.2. The Bertz CT molecular complexity index is 1580. The summed E-state index contributed by atoms with van der Waals surface area (Å²) in [4.78, 5) is 80.0. The van der Waals surface area contributed by atoms with E-state index < -0.39 is 77.5 Å². The fourth-order valence-corrected chi connectivity index (χ4v) is 5.91. The Hall–Kier alpha value is -4.98. The van der Waals surface area contributed by atoms with Gasteiger partial charge >= 0.3 is 12.1 Å². The summed E-state index contributed by atoms with van der Waals surface area (Å²) in [5.74, 6) is -3.68. The Balaban J connectivity index is 2.31. The molecule has 2 rings (SSSR count). The van der Waals surface area contributed by atoms with Crippen LogP contribution >= 0.6 is 0 Å². The molecular weight excluding hydrogens is 716 g/mol. The van der Waals surface area contributed by atoms with Crippen LogP contribution in [-0.4, -0.2) is 84.7 Å². The van der Waals surface area contributed by atoms with E-state index in [9.17, 15) is 28.8 Å². The number of amides is 5. The lowest BCUT2D eigenvalue weighted by molar-refractivity contribution is -0.147. The maximum atomic E-state index is 14.0. The van der Waals surface area contributed by atoms with E-state index in [-0.39, 0.29) is 37.0 Å². The van der Waals surface area contributed by atoms with Crippen molar-refractivity contribution < 1.29 is 38.2 Å². The van der Waals surface area contributed by atoms with Gasteiger partial charge in [0.05, 0.1) is 7.11 Å². The Morgan fingerprint density at radius 3 is 1.64 bits per heavy atom. The Labute approximate surface area is 332 Å². The van der Waals surface area contributed by atoms with Gasteiger partial charge < -0.3 is 41.8 Å². The molecule has 0 heterocycles. The third kappa shape index (κ3) is 16.0. The van der Waals surface area contributed by atoms with Gasteiger partial charge in [-0.25, -0.2) is 9.59 Å². The van der Waals surface area contributed by atoms with Crippen LogP contribution < -0.4 is 32.3 Å². The van der Waals surface area contributed by atoms with E-state index in [1.807, 2.05) is 74.5 Å². The van der Waals surface area contributed by atoms with Gasteiger partial charge in [-0.3, -0.25) is 19.2 Å². The molecule has 0 saturated carbocycles. The second-order valence-electron chi connectivity index (χ2n) is 16.0. The highest BCUT2D eigenvalue weighted by molar-refractivity contribution is 5.92. The highest BCUT2D eigenvalue weighted by Gasteiger charge is 2.35. The third-order valence-electron chi connectivity index (χ3n) is 9.33. The van der Waals surface area contributed by atoms with Crippen molar-refractivity contribution in [2.75, 3.05) is 7.11 Å². The summed E-state index contributed by atoms with van der Waals surface area (Å²) in [6, 6.07) is 12.8. The molecular formula is C42H64N6O8. The van der Waals surface area contributed by atoms with Crippen LogP contribution in [0.3, 0.4) is 0 Å². The molecule has 0 spiro atoms. The molecule has 0 aliphatic heterocycles. The van der Waals surface area contributed by atoms with E-state index >= 15 is 0 Å². The zero-order valence-electron chi connectivity index (χ0n) is 34.6. The number of alkyl carbamates (subject to hydrolysis) is 1. The van der Waals surface area contributed by atoms with Crippen LogP contribution in [0.2, 0.25) is 0 Å².